The second-order valence-electron chi connectivity index (χ2n) is 7.49. The number of amides is 2. The molecule has 0 bridgehead atoms. The predicted octanol–water partition coefficient (Wildman–Crippen LogP) is 2.76. The van der Waals surface area contributed by atoms with Gasteiger partial charge in [0.25, 0.3) is 0 Å². The van der Waals surface area contributed by atoms with E-state index in [2.05, 4.69) is 15.2 Å². The van der Waals surface area contributed by atoms with Gasteiger partial charge in [-0.3, -0.25) is 0 Å². The molecule has 0 saturated heterocycles. The van der Waals surface area contributed by atoms with Crippen molar-refractivity contribution in [3.8, 4) is 0 Å². The van der Waals surface area contributed by atoms with Crippen molar-refractivity contribution in [2.75, 3.05) is 5.32 Å². The number of nitrogens with one attached hydrogen (secondary N) is 1. The van der Waals surface area contributed by atoms with Gasteiger partial charge in [-0.05, 0) is 0 Å². The fraction of sp³-hybridized carbons (Fsp3) is 0.350. The second kappa shape index (κ2) is 7.73. The minimum atomic E-state index is -0.790. The fourth-order valence-corrected chi connectivity index (χ4v) is 3.95. The average molecular weight is 393 g/mol. The molecule has 2 heterocycles. The summed E-state index contributed by atoms with van der Waals surface area (Å²) in [5, 5.41) is 2.78. The van der Waals surface area contributed by atoms with Gasteiger partial charge in [0.15, 0.2) is 0 Å². The summed E-state index contributed by atoms with van der Waals surface area (Å²) >= 11 is 0. The number of carbonyl (C=O) groups excluding carboxylic acids is 2. The molecule has 29 heavy (non-hydrogen) atoms. The van der Waals surface area contributed by atoms with Crippen molar-refractivity contribution in [2.45, 2.75) is 39.2 Å². The predicted molar refractivity (Wildman–Crippen MR) is 108 cm³/mol. The van der Waals surface area contributed by atoms with Gasteiger partial charge < -0.3 is 0 Å². The number of aromatic nitrogens is 3. The van der Waals surface area contributed by atoms with Gasteiger partial charge in [0.2, 0.25) is 0 Å². The molecule has 1 aromatic carbocycles. The van der Waals surface area contributed by atoms with E-state index in [-0.39, 0.29) is 22.2 Å². The van der Waals surface area contributed by atoms with Crippen molar-refractivity contribution < 1.29 is 14.0 Å². The number of benzene rings is 1. The number of hydrogen-bond donors (Lipinski definition) is 2. The molecule has 0 spiro atoms. The summed E-state index contributed by atoms with van der Waals surface area (Å²) in [4.78, 5) is 32.9. The Bertz CT molecular complexity index is 1110. The number of rotatable bonds is 5. The van der Waals surface area contributed by atoms with E-state index in [4.69, 9.17) is 5.73 Å². The number of primary amides is 1. The van der Waals surface area contributed by atoms with Gasteiger partial charge in [-0.1, -0.05) is 0 Å². The number of nitrogens with two attached hydrogens (primary N) is 1. The average Bonchev–Trinajstić information content (AvgIpc) is 3.33. The molecular formula is C20H21BFN5O2. The Balaban J connectivity index is 1.66. The van der Waals surface area contributed by atoms with Crippen LogP contribution in [0.2, 0.25) is 0 Å². The molecule has 1 fully saturated rings. The van der Waals surface area contributed by atoms with Crippen LogP contribution in [0.15, 0.2) is 24.3 Å². The summed E-state index contributed by atoms with van der Waals surface area (Å²) in [7, 11) is 1.71. The first-order chi connectivity index (χ1) is 13.9. The second-order valence-corrected chi connectivity index (χ2v) is 7.49. The maximum atomic E-state index is 14.4. The topological polar surface area (TPSA) is 103 Å². The number of nitrogens with zero attached hydrogens (tertiary/aromatic N) is 3. The molecule has 4 rings (SSSR count). The molecule has 0 unspecified atom stereocenters. The molecule has 7 nitrogen and oxygen atoms in total. The normalized spacial score (nSPS) is 14.3. The van der Waals surface area contributed by atoms with Crippen molar-refractivity contribution in [3.63, 3.8) is 0 Å². The zero-order valence-corrected chi connectivity index (χ0v) is 16.1. The maximum absolute atomic E-state index is 14.4. The Hall–Kier alpha value is -3.10. The molecule has 1 aliphatic rings. The van der Waals surface area contributed by atoms with Gasteiger partial charge in [-0.25, -0.2) is 0 Å². The zero-order chi connectivity index (χ0) is 20.5. The summed E-state index contributed by atoms with van der Waals surface area (Å²) in [6.07, 6.45) is 4.92. The van der Waals surface area contributed by atoms with E-state index < -0.39 is 17.6 Å². The van der Waals surface area contributed by atoms with E-state index in [9.17, 15) is 14.0 Å². The monoisotopic (exact) mass is 393 g/mol. The van der Waals surface area contributed by atoms with Gasteiger partial charge in [-0.15, -0.1) is 0 Å². The Morgan fingerprint density at radius 2 is 2.10 bits per heavy atom. The summed E-state index contributed by atoms with van der Waals surface area (Å²) in [5.41, 5.74) is 6.24. The van der Waals surface area contributed by atoms with Crippen molar-refractivity contribution in [3.05, 3.63) is 47.0 Å². The number of carbonyl (C=O) groups is 2. The van der Waals surface area contributed by atoms with Crippen LogP contribution in [0.3, 0.4) is 0 Å². The fourth-order valence-electron chi connectivity index (χ4n) is 3.95. The molecule has 1 aliphatic carbocycles. The molecule has 0 aliphatic heterocycles. The summed E-state index contributed by atoms with van der Waals surface area (Å²) < 4.78 is 16.5. The van der Waals surface area contributed by atoms with Gasteiger partial charge >= 0.3 is 167 Å². The first-order valence-corrected chi connectivity index (χ1v) is 9.66. The van der Waals surface area contributed by atoms with Crippen LogP contribution >= 0.6 is 0 Å². The van der Waals surface area contributed by atoms with Gasteiger partial charge in [0, 0.05) is 0 Å². The number of halogens is 1. The van der Waals surface area contributed by atoms with Gasteiger partial charge in [-0.2, -0.15) is 0 Å². The SMILES string of the molecule is Cc1c(NC(=O)c2cc(C(N)=O)nc3cccc(F)c23)nbn1CC1CCCC1. The van der Waals surface area contributed by atoms with Crippen LogP contribution in [-0.4, -0.2) is 33.4 Å². The van der Waals surface area contributed by atoms with Crippen LogP contribution < -0.4 is 11.1 Å². The van der Waals surface area contributed by atoms with Crippen LogP contribution in [0.4, 0.5) is 10.2 Å². The number of anilines is 1. The van der Waals surface area contributed by atoms with E-state index in [0.29, 0.717) is 11.7 Å². The summed E-state index contributed by atoms with van der Waals surface area (Å²) in [6.45, 7) is 2.75. The molecule has 2 aromatic heterocycles. The molecular weight excluding hydrogens is 372 g/mol. The number of pyridine rings is 1. The van der Waals surface area contributed by atoms with E-state index in [0.717, 1.165) is 12.2 Å². The Morgan fingerprint density at radius 3 is 2.83 bits per heavy atom. The van der Waals surface area contributed by atoms with Crippen LogP contribution in [0.25, 0.3) is 10.9 Å². The summed E-state index contributed by atoms with van der Waals surface area (Å²) in [5.74, 6) is -0.918. The third-order valence-electron chi connectivity index (χ3n) is 5.54. The van der Waals surface area contributed by atoms with E-state index in [1.165, 1.54) is 49.9 Å². The molecule has 1 saturated carbocycles. The molecule has 9 heteroatoms. The first-order valence-electron chi connectivity index (χ1n) is 9.66. The quantitative estimate of drug-likeness (QED) is 0.696. The Kier molecular flexibility index (Phi) is 5.13. The van der Waals surface area contributed by atoms with Crippen LogP contribution in [0.5, 0.6) is 0 Å². The van der Waals surface area contributed by atoms with Crippen molar-refractivity contribution in [1.29, 1.82) is 0 Å². The van der Waals surface area contributed by atoms with E-state index in [1.54, 1.807) is 7.19 Å². The van der Waals surface area contributed by atoms with Gasteiger partial charge in [0.1, 0.15) is 0 Å². The number of hydrogen-bond acceptors (Lipinski definition) is 4. The molecule has 0 radical (unpaired) electrons. The van der Waals surface area contributed by atoms with Crippen LogP contribution in [-0.2, 0) is 6.54 Å². The van der Waals surface area contributed by atoms with Crippen LogP contribution in [0.1, 0.15) is 52.2 Å². The molecule has 0 atom stereocenters. The number of fused-ring (bicyclic) bond motifs is 1. The molecule has 3 N–H and O–H groups in total. The van der Waals surface area contributed by atoms with Crippen LogP contribution in [0, 0.1) is 18.7 Å². The van der Waals surface area contributed by atoms with Crippen molar-refractivity contribution >= 4 is 35.7 Å². The summed E-state index contributed by atoms with van der Waals surface area (Å²) in [6, 6.07) is 5.45. The molecule has 3 aromatic rings. The van der Waals surface area contributed by atoms with Crippen molar-refractivity contribution in [1.82, 2.24) is 14.3 Å². The zero-order valence-electron chi connectivity index (χ0n) is 16.1. The van der Waals surface area contributed by atoms with Crippen molar-refractivity contribution in [2.24, 2.45) is 11.7 Å². The van der Waals surface area contributed by atoms with Gasteiger partial charge in [0.05, 0.1) is 0 Å². The van der Waals surface area contributed by atoms with E-state index >= 15 is 0 Å². The Morgan fingerprint density at radius 1 is 1.34 bits per heavy atom. The first kappa shape index (κ1) is 19.2. The van der Waals surface area contributed by atoms with E-state index in [1.807, 2.05) is 11.4 Å². The Labute approximate surface area is 167 Å². The third-order valence-corrected chi connectivity index (χ3v) is 5.54. The molecule has 148 valence electrons. The molecule has 2 amide bonds. The standard InChI is InChI=1S/C20H21BFN5O2/c1-11-19(26-21-27(11)10-12-5-2-3-6-12)25-20(29)13-9-16(18(23)28)24-15-8-4-7-14(22)17(13)15/h4,7-9,12H,2-3,5-6,10H2,1H3,(H2,23,28)(H,25,29). The third kappa shape index (κ3) is 3.77. The minimum absolute atomic E-state index is 0.00774.